The number of carbonyl (C=O) groups is 3. The highest BCUT2D eigenvalue weighted by molar-refractivity contribution is 6.05. The lowest BCUT2D eigenvalue weighted by Crippen LogP contribution is -2.70. The molecule has 1 N–H and O–H groups in total. The van der Waals surface area contributed by atoms with Crippen molar-refractivity contribution in [2.45, 2.75) is 65.3 Å². The minimum absolute atomic E-state index is 0.0664. The molecule has 3 rings (SSSR count). The number of furan rings is 1. The molecule has 0 bridgehead atoms. The number of ether oxygens (including phenoxy) is 2. The molecule has 1 aromatic heterocycles. The number of Topliss-reactive ketones (excluding diaryl/α,β-unsaturated/α-hetero) is 1. The lowest BCUT2D eigenvalue weighted by Gasteiger charge is -2.58. The number of hydrogen-bond donors (Lipinski definition) is 1. The summed E-state index contributed by atoms with van der Waals surface area (Å²) in [5.74, 6) is -2.16. The SMILES string of the molecule is C=C(C)C(=O)O[C@@H]1c2c(C)coc2C(=O)[C@@]2(O)[C@@H](OC(C)=O)CC[C@H](C)[C@@]12C. The summed E-state index contributed by atoms with van der Waals surface area (Å²) < 4.78 is 16.6. The Labute approximate surface area is 163 Å². The van der Waals surface area contributed by atoms with E-state index in [1.807, 2.05) is 6.92 Å². The summed E-state index contributed by atoms with van der Waals surface area (Å²) in [6.45, 7) is 11.7. The van der Waals surface area contributed by atoms with Gasteiger partial charge in [0.2, 0.25) is 5.78 Å². The van der Waals surface area contributed by atoms with E-state index in [2.05, 4.69) is 6.58 Å². The molecule has 0 saturated heterocycles. The van der Waals surface area contributed by atoms with Gasteiger partial charge < -0.3 is 19.0 Å². The second-order valence-corrected chi connectivity index (χ2v) is 8.18. The summed E-state index contributed by atoms with van der Waals surface area (Å²) in [6, 6.07) is 0. The van der Waals surface area contributed by atoms with Gasteiger partial charge in [-0.05, 0) is 38.2 Å². The molecule has 1 aromatic rings. The van der Waals surface area contributed by atoms with Gasteiger partial charge in [-0.1, -0.05) is 20.4 Å². The molecule has 7 nitrogen and oxygen atoms in total. The summed E-state index contributed by atoms with van der Waals surface area (Å²) in [7, 11) is 0. The summed E-state index contributed by atoms with van der Waals surface area (Å²) in [5.41, 5.74) is -2.02. The first-order chi connectivity index (χ1) is 13.0. The van der Waals surface area contributed by atoms with Crippen LogP contribution in [0.5, 0.6) is 0 Å². The van der Waals surface area contributed by atoms with Gasteiger partial charge in [0.15, 0.2) is 11.4 Å². The molecule has 1 heterocycles. The van der Waals surface area contributed by atoms with Crippen molar-refractivity contribution >= 4 is 17.7 Å². The molecular weight excluding hydrogens is 364 g/mol. The molecule has 28 heavy (non-hydrogen) atoms. The Bertz CT molecular complexity index is 866. The lowest BCUT2D eigenvalue weighted by molar-refractivity contribution is -0.229. The maximum absolute atomic E-state index is 13.4. The van der Waals surface area contributed by atoms with Crippen LogP contribution < -0.4 is 0 Å². The first-order valence-corrected chi connectivity index (χ1v) is 9.35. The quantitative estimate of drug-likeness (QED) is 0.625. The average Bonchev–Trinajstić information content (AvgIpc) is 2.99. The van der Waals surface area contributed by atoms with Gasteiger partial charge in [0.25, 0.3) is 0 Å². The number of aryl methyl sites for hydroxylation is 1. The molecule has 0 radical (unpaired) electrons. The zero-order valence-corrected chi connectivity index (χ0v) is 16.8. The lowest BCUT2D eigenvalue weighted by atomic mass is 9.50. The molecule has 5 atom stereocenters. The topological polar surface area (TPSA) is 103 Å². The fourth-order valence-corrected chi connectivity index (χ4v) is 4.64. The Kier molecular flexibility index (Phi) is 4.78. The van der Waals surface area contributed by atoms with Crippen LogP contribution >= 0.6 is 0 Å². The number of carbonyl (C=O) groups excluding carboxylic acids is 3. The van der Waals surface area contributed by atoms with E-state index in [0.29, 0.717) is 24.0 Å². The summed E-state index contributed by atoms with van der Waals surface area (Å²) >= 11 is 0. The summed E-state index contributed by atoms with van der Waals surface area (Å²) in [4.78, 5) is 37.5. The van der Waals surface area contributed by atoms with Crippen molar-refractivity contribution in [1.29, 1.82) is 0 Å². The van der Waals surface area contributed by atoms with Crippen molar-refractivity contribution in [3.05, 3.63) is 35.3 Å². The van der Waals surface area contributed by atoms with Gasteiger partial charge in [0.05, 0.1) is 11.7 Å². The largest absolute Gasteiger partial charge is 0.460 e. The predicted octanol–water partition coefficient (Wildman–Crippen LogP) is 3.04. The summed E-state index contributed by atoms with van der Waals surface area (Å²) in [5, 5.41) is 11.8. The van der Waals surface area contributed by atoms with Crippen molar-refractivity contribution in [1.82, 2.24) is 0 Å². The molecule has 1 saturated carbocycles. The standard InChI is InChI=1S/C21H26O7/c1-10(2)19(24)28-18-15-11(3)9-26-16(15)17(23)21(25)14(27-13(5)22)8-7-12(4)20(18,21)6/h9,12,14,18,25H,1,7-8H2,2-6H3/t12-,14-,18+,20-,21-/m0/s1. The highest BCUT2D eigenvalue weighted by atomic mass is 16.6. The van der Waals surface area contributed by atoms with E-state index in [4.69, 9.17) is 13.9 Å². The van der Waals surface area contributed by atoms with Crippen LogP contribution in [0, 0.1) is 18.3 Å². The third kappa shape index (κ3) is 2.56. The predicted molar refractivity (Wildman–Crippen MR) is 98.4 cm³/mol. The van der Waals surface area contributed by atoms with Crippen molar-refractivity contribution in [3.63, 3.8) is 0 Å². The number of hydrogen-bond acceptors (Lipinski definition) is 7. The first-order valence-electron chi connectivity index (χ1n) is 9.35. The number of aliphatic hydroxyl groups is 1. The third-order valence-electron chi connectivity index (χ3n) is 6.44. The van der Waals surface area contributed by atoms with Gasteiger partial charge in [0, 0.05) is 18.1 Å². The summed E-state index contributed by atoms with van der Waals surface area (Å²) in [6.07, 6.45) is 0.274. The van der Waals surface area contributed by atoms with Gasteiger partial charge in [-0.2, -0.15) is 0 Å². The number of esters is 2. The van der Waals surface area contributed by atoms with Gasteiger partial charge in [0.1, 0.15) is 12.2 Å². The molecule has 1 fully saturated rings. The second kappa shape index (κ2) is 6.58. The van der Waals surface area contributed by atoms with Crippen LogP contribution in [0.1, 0.15) is 68.3 Å². The van der Waals surface area contributed by atoms with E-state index >= 15 is 0 Å². The molecule has 2 aliphatic carbocycles. The number of ketones is 1. The molecule has 0 aromatic carbocycles. The van der Waals surface area contributed by atoms with Crippen LogP contribution in [-0.4, -0.2) is 34.5 Å². The fourth-order valence-electron chi connectivity index (χ4n) is 4.64. The smallest absolute Gasteiger partial charge is 0.333 e. The van der Waals surface area contributed by atoms with Crippen LogP contribution in [0.3, 0.4) is 0 Å². The van der Waals surface area contributed by atoms with Crippen molar-refractivity contribution < 1.29 is 33.4 Å². The molecule has 0 unspecified atom stereocenters. The van der Waals surface area contributed by atoms with Crippen molar-refractivity contribution in [2.24, 2.45) is 11.3 Å². The van der Waals surface area contributed by atoms with Gasteiger partial charge in [-0.3, -0.25) is 9.59 Å². The van der Waals surface area contributed by atoms with E-state index in [1.165, 1.54) is 20.1 Å². The minimum atomic E-state index is -2.09. The average molecular weight is 390 g/mol. The van der Waals surface area contributed by atoms with E-state index in [9.17, 15) is 19.5 Å². The van der Waals surface area contributed by atoms with Gasteiger partial charge >= 0.3 is 11.9 Å². The zero-order chi connectivity index (χ0) is 21.0. The molecule has 0 amide bonds. The van der Waals surface area contributed by atoms with Gasteiger partial charge in [-0.15, -0.1) is 0 Å². The minimum Gasteiger partial charge on any atom is -0.460 e. The van der Waals surface area contributed by atoms with E-state index in [0.717, 1.165) is 0 Å². The Hall–Kier alpha value is -2.41. The molecule has 0 spiro atoms. The number of rotatable bonds is 3. The Morgan fingerprint density at radius 1 is 1.29 bits per heavy atom. The van der Waals surface area contributed by atoms with Crippen molar-refractivity contribution in [2.75, 3.05) is 0 Å². The molecule has 0 aliphatic heterocycles. The monoisotopic (exact) mass is 390 g/mol. The van der Waals surface area contributed by atoms with E-state index in [-0.39, 0.29) is 17.3 Å². The van der Waals surface area contributed by atoms with Gasteiger partial charge in [-0.25, -0.2) is 4.79 Å². The Balaban J connectivity index is 2.26. The Morgan fingerprint density at radius 2 is 1.93 bits per heavy atom. The fraction of sp³-hybridized carbons (Fsp3) is 0.571. The zero-order valence-electron chi connectivity index (χ0n) is 16.8. The molecular formula is C21H26O7. The second-order valence-electron chi connectivity index (χ2n) is 8.18. The van der Waals surface area contributed by atoms with Crippen molar-refractivity contribution in [3.8, 4) is 0 Å². The van der Waals surface area contributed by atoms with Crippen LogP contribution in [0.2, 0.25) is 0 Å². The maximum atomic E-state index is 13.4. The number of fused-ring (bicyclic) bond motifs is 2. The third-order valence-corrected chi connectivity index (χ3v) is 6.44. The van der Waals surface area contributed by atoms with E-state index < -0.39 is 40.9 Å². The molecule has 2 aliphatic rings. The van der Waals surface area contributed by atoms with Crippen LogP contribution in [0.15, 0.2) is 22.8 Å². The Morgan fingerprint density at radius 3 is 2.50 bits per heavy atom. The van der Waals surface area contributed by atoms with Crippen LogP contribution in [0.4, 0.5) is 0 Å². The molecule has 7 heteroatoms. The highest BCUT2D eigenvalue weighted by Gasteiger charge is 2.71. The maximum Gasteiger partial charge on any atom is 0.333 e. The van der Waals surface area contributed by atoms with Crippen LogP contribution in [-0.2, 0) is 19.1 Å². The van der Waals surface area contributed by atoms with Crippen LogP contribution in [0.25, 0.3) is 0 Å². The normalized spacial score (nSPS) is 34.2. The molecule has 152 valence electrons. The first kappa shape index (κ1) is 20.3. The van der Waals surface area contributed by atoms with E-state index in [1.54, 1.807) is 13.8 Å². The highest BCUT2D eigenvalue weighted by Crippen LogP contribution is 2.61.